The molecule has 0 bridgehead atoms. The summed E-state index contributed by atoms with van der Waals surface area (Å²) < 4.78 is 13.6. The van der Waals surface area contributed by atoms with Gasteiger partial charge in [0.05, 0.1) is 18.7 Å². The molecule has 5 heteroatoms. The standard InChI is InChI=1S/C26H24FNO3/c1-17(2)19-10-12-20(13-11-19)24(29)15-26(31)22-8-3-4-9-23(22)28(25(26)30)16-18-6-5-7-21(27)14-18/h3-14,17,31H,15-16H2,1-2H3/t26-/m1/s1. The third-order valence-electron chi connectivity index (χ3n) is 5.78. The predicted octanol–water partition coefficient (Wildman–Crippen LogP) is 4.96. The van der Waals surface area contributed by atoms with Crippen molar-refractivity contribution in [3.8, 4) is 0 Å². The number of fused-ring (bicyclic) bond motifs is 1. The average Bonchev–Trinajstić information content (AvgIpc) is 2.96. The van der Waals surface area contributed by atoms with E-state index in [1.807, 2.05) is 12.1 Å². The maximum atomic E-state index is 13.6. The van der Waals surface area contributed by atoms with Gasteiger partial charge in [0.15, 0.2) is 11.4 Å². The molecule has 3 aromatic carbocycles. The van der Waals surface area contributed by atoms with Crippen LogP contribution in [0.15, 0.2) is 72.8 Å². The fourth-order valence-electron chi connectivity index (χ4n) is 4.04. The van der Waals surface area contributed by atoms with Crippen molar-refractivity contribution >= 4 is 17.4 Å². The number of rotatable bonds is 6. The highest BCUT2D eigenvalue weighted by molar-refractivity contribution is 6.10. The molecular formula is C26H24FNO3. The number of benzene rings is 3. The van der Waals surface area contributed by atoms with Gasteiger partial charge < -0.3 is 10.0 Å². The van der Waals surface area contributed by atoms with E-state index in [-0.39, 0.29) is 18.7 Å². The molecule has 1 atom stereocenters. The Morgan fingerprint density at radius 1 is 1.03 bits per heavy atom. The Morgan fingerprint density at radius 2 is 1.74 bits per heavy atom. The summed E-state index contributed by atoms with van der Waals surface area (Å²) >= 11 is 0. The number of amides is 1. The Kier molecular flexibility index (Phi) is 5.46. The summed E-state index contributed by atoms with van der Waals surface area (Å²) in [5.74, 6) is -0.945. The number of carbonyl (C=O) groups excluding carboxylic acids is 2. The Balaban J connectivity index is 1.64. The highest BCUT2D eigenvalue weighted by atomic mass is 19.1. The molecular weight excluding hydrogens is 393 g/mol. The molecule has 0 fully saturated rings. The van der Waals surface area contributed by atoms with E-state index in [4.69, 9.17) is 0 Å². The van der Waals surface area contributed by atoms with Crippen molar-refractivity contribution in [1.29, 1.82) is 0 Å². The number of ketones is 1. The number of Topliss-reactive ketones (excluding diaryl/α,β-unsaturated/α-hetero) is 1. The lowest BCUT2D eigenvalue weighted by molar-refractivity contribution is -0.136. The maximum absolute atomic E-state index is 13.6. The number of para-hydroxylation sites is 1. The van der Waals surface area contributed by atoms with Crippen LogP contribution in [0.3, 0.4) is 0 Å². The quantitative estimate of drug-likeness (QED) is 0.577. The molecule has 1 aliphatic heterocycles. The van der Waals surface area contributed by atoms with Gasteiger partial charge in [-0.1, -0.05) is 68.4 Å². The third-order valence-corrected chi connectivity index (χ3v) is 5.78. The zero-order valence-electron chi connectivity index (χ0n) is 17.5. The summed E-state index contributed by atoms with van der Waals surface area (Å²) in [7, 11) is 0. The molecule has 31 heavy (non-hydrogen) atoms. The second-order valence-electron chi connectivity index (χ2n) is 8.28. The van der Waals surface area contributed by atoms with Crippen molar-refractivity contribution in [2.75, 3.05) is 4.90 Å². The molecule has 0 unspecified atom stereocenters. The van der Waals surface area contributed by atoms with Gasteiger partial charge in [-0.25, -0.2) is 4.39 Å². The summed E-state index contributed by atoms with van der Waals surface area (Å²) in [6, 6.07) is 20.1. The molecule has 0 aromatic heterocycles. The number of halogens is 1. The fraction of sp³-hybridized carbons (Fsp3) is 0.231. The van der Waals surface area contributed by atoms with Gasteiger partial charge in [-0.3, -0.25) is 9.59 Å². The van der Waals surface area contributed by atoms with Gasteiger partial charge in [0.25, 0.3) is 5.91 Å². The number of carbonyl (C=O) groups is 2. The zero-order valence-corrected chi connectivity index (χ0v) is 17.5. The van der Waals surface area contributed by atoms with Crippen molar-refractivity contribution < 1.29 is 19.1 Å². The van der Waals surface area contributed by atoms with Crippen molar-refractivity contribution in [2.45, 2.75) is 38.3 Å². The summed E-state index contributed by atoms with van der Waals surface area (Å²) in [6.45, 7) is 4.24. The van der Waals surface area contributed by atoms with Gasteiger partial charge in [0.2, 0.25) is 0 Å². The molecule has 1 aliphatic rings. The first-order chi connectivity index (χ1) is 14.8. The van der Waals surface area contributed by atoms with Crippen molar-refractivity contribution in [2.24, 2.45) is 0 Å². The SMILES string of the molecule is CC(C)c1ccc(C(=O)C[C@]2(O)C(=O)N(Cc3cccc(F)c3)c3ccccc32)cc1. The molecule has 4 nitrogen and oxygen atoms in total. The van der Waals surface area contributed by atoms with Crippen LogP contribution in [-0.2, 0) is 16.9 Å². The molecule has 0 saturated carbocycles. The molecule has 0 radical (unpaired) electrons. The first-order valence-electron chi connectivity index (χ1n) is 10.3. The van der Waals surface area contributed by atoms with Gasteiger partial charge in [0.1, 0.15) is 5.82 Å². The average molecular weight is 417 g/mol. The van der Waals surface area contributed by atoms with Gasteiger partial charge in [-0.15, -0.1) is 0 Å². The summed E-state index contributed by atoms with van der Waals surface area (Å²) in [4.78, 5) is 27.7. The number of anilines is 1. The molecule has 3 aromatic rings. The number of aliphatic hydroxyl groups is 1. The molecule has 0 saturated heterocycles. The maximum Gasteiger partial charge on any atom is 0.264 e. The van der Waals surface area contributed by atoms with Crippen LogP contribution >= 0.6 is 0 Å². The molecule has 1 N–H and O–H groups in total. The minimum atomic E-state index is -1.96. The molecule has 0 aliphatic carbocycles. The Hall–Kier alpha value is -3.31. The van der Waals surface area contributed by atoms with Gasteiger partial charge in [0, 0.05) is 11.1 Å². The number of hydrogen-bond donors (Lipinski definition) is 1. The number of nitrogens with zero attached hydrogens (tertiary/aromatic N) is 1. The third kappa shape index (κ3) is 3.89. The van der Waals surface area contributed by atoms with Gasteiger partial charge in [-0.05, 0) is 35.2 Å². The van der Waals surface area contributed by atoms with Crippen LogP contribution in [0.25, 0.3) is 0 Å². The van der Waals surface area contributed by atoms with E-state index >= 15 is 0 Å². The zero-order chi connectivity index (χ0) is 22.2. The minimum absolute atomic E-state index is 0.104. The lowest BCUT2D eigenvalue weighted by Crippen LogP contribution is -2.41. The van der Waals surface area contributed by atoms with E-state index < -0.39 is 17.3 Å². The number of hydrogen-bond acceptors (Lipinski definition) is 3. The van der Waals surface area contributed by atoms with Gasteiger partial charge >= 0.3 is 0 Å². The van der Waals surface area contributed by atoms with E-state index in [1.165, 1.54) is 17.0 Å². The predicted molar refractivity (Wildman–Crippen MR) is 117 cm³/mol. The van der Waals surface area contributed by atoms with E-state index in [9.17, 15) is 19.1 Å². The van der Waals surface area contributed by atoms with Crippen molar-refractivity contribution in [1.82, 2.24) is 0 Å². The monoisotopic (exact) mass is 417 g/mol. The second kappa shape index (κ2) is 8.08. The van der Waals surface area contributed by atoms with E-state index in [2.05, 4.69) is 13.8 Å². The highest BCUT2D eigenvalue weighted by Gasteiger charge is 2.50. The lowest BCUT2D eigenvalue weighted by atomic mass is 9.87. The van der Waals surface area contributed by atoms with Crippen LogP contribution in [-0.4, -0.2) is 16.8 Å². The Morgan fingerprint density at radius 3 is 2.42 bits per heavy atom. The molecule has 1 heterocycles. The van der Waals surface area contributed by atoms with Crippen LogP contribution in [0.2, 0.25) is 0 Å². The van der Waals surface area contributed by atoms with E-state index in [0.717, 1.165) is 5.56 Å². The van der Waals surface area contributed by atoms with Crippen LogP contribution < -0.4 is 4.90 Å². The fourth-order valence-corrected chi connectivity index (χ4v) is 4.04. The smallest absolute Gasteiger partial charge is 0.264 e. The second-order valence-corrected chi connectivity index (χ2v) is 8.28. The van der Waals surface area contributed by atoms with Crippen molar-refractivity contribution in [3.63, 3.8) is 0 Å². The topological polar surface area (TPSA) is 57.6 Å². The van der Waals surface area contributed by atoms with Crippen LogP contribution in [0.1, 0.15) is 53.2 Å². The highest BCUT2D eigenvalue weighted by Crippen LogP contribution is 2.43. The normalized spacial score (nSPS) is 17.8. The first kappa shape index (κ1) is 20.9. The summed E-state index contributed by atoms with van der Waals surface area (Å²) in [5, 5.41) is 11.4. The summed E-state index contributed by atoms with van der Waals surface area (Å²) in [5.41, 5.74) is 1.12. The van der Waals surface area contributed by atoms with Gasteiger partial charge in [-0.2, -0.15) is 0 Å². The summed E-state index contributed by atoms with van der Waals surface area (Å²) in [6.07, 6.45) is -0.358. The lowest BCUT2D eigenvalue weighted by Gasteiger charge is -2.23. The van der Waals surface area contributed by atoms with E-state index in [0.29, 0.717) is 28.3 Å². The van der Waals surface area contributed by atoms with Crippen molar-refractivity contribution in [3.05, 3.63) is 101 Å². The van der Waals surface area contributed by atoms with E-state index in [1.54, 1.807) is 48.5 Å². The molecule has 0 spiro atoms. The Labute approximate surface area is 181 Å². The first-order valence-corrected chi connectivity index (χ1v) is 10.3. The molecule has 4 rings (SSSR count). The van der Waals surface area contributed by atoms with Crippen LogP contribution in [0.5, 0.6) is 0 Å². The van der Waals surface area contributed by atoms with Crippen LogP contribution in [0, 0.1) is 5.82 Å². The molecule has 1 amide bonds. The Bertz CT molecular complexity index is 1140. The minimum Gasteiger partial charge on any atom is -0.375 e. The largest absolute Gasteiger partial charge is 0.375 e. The molecule has 158 valence electrons. The van der Waals surface area contributed by atoms with Crippen LogP contribution in [0.4, 0.5) is 10.1 Å².